The lowest BCUT2D eigenvalue weighted by Gasteiger charge is -1.92. The Kier molecular flexibility index (Phi) is 2.18. The molecule has 0 aliphatic heterocycles. The van der Waals surface area contributed by atoms with Crippen LogP contribution in [0.5, 0.6) is 0 Å². The van der Waals surface area contributed by atoms with Gasteiger partial charge in [0.1, 0.15) is 5.82 Å². The maximum absolute atomic E-state index is 12.2. The van der Waals surface area contributed by atoms with E-state index in [0.29, 0.717) is 0 Å². The first kappa shape index (κ1) is 6.70. The summed E-state index contributed by atoms with van der Waals surface area (Å²) in [5, 5.41) is 1.20. The summed E-state index contributed by atoms with van der Waals surface area (Å²) in [4.78, 5) is 0. The van der Waals surface area contributed by atoms with Crippen molar-refractivity contribution in [1.82, 2.24) is 0 Å². The Labute approximate surface area is 55.9 Å². The number of benzene rings is 1. The normalized spacial score (nSPS) is 10.9. The van der Waals surface area contributed by atoms with Crippen LogP contribution >= 0.6 is 8.58 Å². The molecule has 0 amide bonds. The third-order valence-corrected chi connectivity index (χ3v) is 2.04. The first-order chi connectivity index (χ1) is 4.33. The SMILES string of the molecule is CPc1ccc(F)cc1. The molecule has 9 heavy (non-hydrogen) atoms. The Balaban J connectivity index is 2.88. The van der Waals surface area contributed by atoms with Gasteiger partial charge < -0.3 is 0 Å². The van der Waals surface area contributed by atoms with Gasteiger partial charge in [0.25, 0.3) is 0 Å². The van der Waals surface area contributed by atoms with E-state index in [4.69, 9.17) is 0 Å². The molecule has 1 aromatic rings. The molecule has 1 aromatic carbocycles. The first-order valence-electron chi connectivity index (χ1n) is 2.76. The van der Waals surface area contributed by atoms with Crippen molar-refractivity contribution in [3.8, 4) is 0 Å². The van der Waals surface area contributed by atoms with E-state index in [0.717, 1.165) is 8.58 Å². The lowest BCUT2D eigenvalue weighted by Crippen LogP contribution is -1.90. The van der Waals surface area contributed by atoms with Gasteiger partial charge in [-0.05, 0) is 24.1 Å². The maximum atomic E-state index is 12.2. The predicted octanol–water partition coefficient (Wildman–Crippen LogP) is 1.76. The van der Waals surface area contributed by atoms with Crippen LogP contribution in [0.2, 0.25) is 0 Å². The van der Waals surface area contributed by atoms with Gasteiger partial charge in [-0.3, -0.25) is 0 Å². The van der Waals surface area contributed by atoms with Crippen molar-refractivity contribution in [2.24, 2.45) is 0 Å². The van der Waals surface area contributed by atoms with Crippen LogP contribution in [0, 0.1) is 5.82 Å². The zero-order valence-electron chi connectivity index (χ0n) is 5.19. The Hall–Kier alpha value is -0.420. The van der Waals surface area contributed by atoms with E-state index in [1.54, 1.807) is 0 Å². The van der Waals surface area contributed by atoms with Gasteiger partial charge in [0.05, 0.1) is 0 Å². The topological polar surface area (TPSA) is 0 Å². The van der Waals surface area contributed by atoms with Crippen LogP contribution in [0.15, 0.2) is 24.3 Å². The lowest BCUT2D eigenvalue weighted by molar-refractivity contribution is 0.628. The molecule has 0 aliphatic rings. The number of rotatable bonds is 1. The summed E-state index contributed by atoms with van der Waals surface area (Å²) in [7, 11) is 0.760. The Morgan fingerprint density at radius 1 is 1.22 bits per heavy atom. The number of hydrogen-bond donors (Lipinski definition) is 0. The van der Waals surface area contributed by atoms with Crippen molar-refractivity contribution in [3.05, 3.63) is 30.1 Å². The van der Waals surface area contributed by atoms with Gasteiger partial charge >= 0.3 is 0 Å². The molecule has 0 fully saturated rings. The number of hydrogen-bond acceptors (Lipinski definition) is 0. The molecule has 2 heteroatoms. The average Bonchev–Trinajstić information content (AvgIpc) is 1.90. The van der Waals surface area contributed by atoms with Crippen LogP contribution in [0.4, 0.5) is 4.39 Å². The summed E-state index contributed by atoms with van der Waals surface area (Å²) >= 11 is 0. The fraction of sp³-hybridized carbons (Fsp3) is 0.143. The standard InChI is InChI=1S/C7H8FP/c1-9-7-4-2-6(8)3-5-7/h2-5,9H,1H3. The molecule has 1 unspecified atom stereocenters. The van der Waals surface area contributed by atoms with Crippen LogP contribution in [-0.4, -0.2) is 6.66 Å². The summed E-state index contributed by atoms with van der Waals surface area (Å²) in [6.07, 6.45) is 0. The monoisotopic (exact) mass is 142 g/mol. The maximum Gasteiger partial charge on any atom is 0.123 e. The fourth-order valence-electron chi connectivity index (χ4n) is 0.617. The molecule has 1 atom stereocenters. The van der Waals surface area contributed by atoms with Crippen molar-refractivity contribution in [2.45, 2.75) is 0 Å². The molecule has 0 spiro atoms. The lowest BCUT2D eigenvalue weighted by atomic mass is 10.4. The van der Waals surface area contributed by atoms with Gasteiger partial charge in [0.15, 0.2) is 0 Å². The molecule has 0 saturated carbocycles. The van der Waals surface area contributed by atoms with Crippen molar-refractivity contribution in [3.63, 3.8) is 0 Å². The summed E-state index contributed by atoms with van der Waals surface area (Å²) in [5.41, 5.74) is 0. The highest BCUT2D eigenvalue weighted by atomic mass is 31.1. The van der Waals surface area contributed by atoms with Gasteiger partial charge in [-0.1, -0.05) is 20.7 Å². The smallest absolute Gasteiger partial charge is 0.123 e. The van der Waals surface area contributed by atoms with Crippen molar-refractivity contribution < 1.29 is 4.39 Å². The van der Waals surface area contributed by atoms with E-state index in [2.05, 4.69) is 6.66 Å². The van der Waals surface area contributed by atoms with Crippen LogP contribution in [0.3, 0.4) is 0 Å². The fourth-order valence-corrected chi connectivity index (χ4v) is 1.12. The molecule has 0 saturated heterocycles. The molecule has 0 bridgehead atoms. The molecule has 0 radical (unpaired) electrons. The summed E-state index contributed by atoms with van der Waals surface area (Å²) in [5.74, 6) is -0.156. The van der Waals surface area contributed by atoms with Gasteiger partial charge in [-0.25, -0.2) is 4.39 Å². The van der Waals surface area contributed by atoms with Gasteiger partial charge in [0.2, 0.25) is 0 Å². The molecule has 0 nitrogen and oxygen atoms in total. The van der Waals surface area contributed by atoms with E-state index in [-0.39, 0.29) is 5.82 Å². The molecular formula is C7H8FP. The van der Waals surface area contributed by atoms with E-state index in [1.807, 2.05) is 12.1 Å². The quantitative estimate of drug-likeness (QED) is 0.524. The summed E-state index contributed by atoms with van der Waals surface area (Å²) in [6.45, 7) is 2.08. The Morgan fingerprint density at radius 2 is 1.78 bits per heavy atom. The van der Waals surface area contributed by atoms with Gasteiger partial charge in [-0.15, -0.1) is 0 Å². The zero-order chi connectivity index (χ0) is 6.69. The minimum Gasteiger partial charge on any atom is -0.207 e. The van der Waals surface area contributed by atoms with E-state index >= 15 is 0 Å². The second-order valence-electron chi connectivity index (χ2n) is 1.76. The summed E-state index contributed by atoms with van der Waals surface area (Å²) < 4.78 is 12.2. The molecule has 0 N–H and O–H groups in total. The minimum absolute atomic E-state index is 0.156. The molecule has 1 rings (SSSR count). The highest BCUT2D eigenvalue weighted by Crippen LogP contribution is 2.03. The Morgan fingerprint density at radius 3 is 2.22 bits per heavy atom. The van der Waals surface area contributed by atoms with E-state index in [9.17, 15) is 4.39 Å². The van der Waals surface area contributed by atoms with Crippen molar-refractivity contribution in [1.29, 1.82) is 0 Å². The van der Waals surface area contributed by atoms with Gasteiger partial charge in [-0.2, -0.15) is 0 Å². The highest BCUT2D eigenvalue weighted by Gasteiger charge is 1.87. The first-order valence-corrected chi connectivity index (χ1v) is 4.26. The van der Waals surface area contributed by atoms with Crippen molar-refractivity contribution >= 4 is 13.9 Å². The van der Waals surface area contributed by atoms with Crippen LogP contribution in [-0.2, 0) is 0 Å². The molecule has 0 heterocycles. The number of halogens is 1. The molecular weight excluding hydrogens is 134 g/mol. The van der Waals surface area contributed by atoms with Crippen LogP contribution < -0.4 is 5.30 Å². The Bertz CT molecular complexity index is 181. The second kappa shape index (κ2) is 2.93. The second-order valence-corrected chi connectivity index (χ2v) is 2.83. The largest absolute Gasteiger partial charge is 0.207 e. The van der Waals surface area contributed by atoms with Crippen LogP contribution in [0.1, 0.15) is 0 Å². The van der Waals surface area contributed by atoms with Gasteiger partial charge in [0, 0.05) is 0 Å². The molecule has 0 aliphatic carbocycles. The third kappa shape index (κ3) is 1.76. The molecule has 48 valence electrons. The van der Waals surface area contributed by atoms with E-state index in [1.165, 1.54) is 17.4 Å². The molecule has 0 aromatic heterocycles. The third-order valence-electron chi connectivity index (χ3n) is 1.13. The van der Waals surface area contributed by atoms with Crippen molar-refractivity contribution in [2.75, 3.05) is 6.66 Å². The average molecular weight is 142 g/mol. The minimum atomic E-state index is -0.156. The van der Waals surface area contributed by atoms with Crippen LogP contribution in [0.25, 0.3) is 0 Å². The van der Waals surface area contributed by atoms with E-state index < -0.39 is 0 Å². The zero-order valence-corrected chi connectivity index (χ0v) is 6.19. The summed E-state index contributed by atoms with van der Waals surface area (Å²) in [6, 6.07) is 6.61. The highest BCUT2D eigenvalue weighted by molar-refractivity contribution is 7.46. The predicted molar refractivity (Wildman–Crippen MR) is 40.3 cm³/mol.